The van der Waals surface area contributed by atoms with Crippen LogP contribution in [0.5, 0.6) is 0 Å². The van der Waals surface area contributed by atoms with Crippen molar-refractivity contribution in [2.24, 2.45) is 0 Å². The highest BCUT2D eigenvalue weighted by molar-refractivity contribution is 5.99. The minimum atomic E-state index is -0.323. The van der Waals surface area contributed by atoms with Crippen molar-refractivity contribution in [3.8, 4) is 0 Å². The van der Waals surface area contributed by atoms with Crippen LogP contribution in [0.4, 0.5) is 5.69 Å². The molecule has 3 aliphatic rings. The largest absolute Gasteiger partial charge is 0.366 e. The number of carbonyl (C=O) groups excluding carboxylic acids is 1. The topological polar surface area (TPSA) is 41.6 Å². The molecule has 1 N–H and O–H groups in total. The van der Waals surface area contributed by atoms with E-state index in [1.165, 1.54) is 18.4 Å². The van der Waals surface area contributed by atoms with Crippen LogP contribution in [0.2, 0.25) is 0 Å². The van der Waals surface area contributed by atoms with Crippen molar-refractivity contribution < 1.29 is 9.53 Å². The quantitative estimate of drug-likeness (QED) is 0.819. The van der Waals surface area contributed by atoms with Gasteiger partial charge in [0, 0.05) is 30.7 Å². The lowest BCUT2D eigenvalue weighted by Crippen LogP contribution is -2.49. The highest BCUT2D eigenvalue weighted by atomic mass is 16.5. The predicted molar refractivity (Wildman–Crippen MR) is 72.3 cm³/mol. The van der Waals surface area contributed by atoms with Crippen molar-refractivity contribution in [2.45, 2.75) is 24.4 Å². The fraction of sp³-hybridized carbons (Fsp3) is 0.533. The van der Waals surface area contributed by atoms with E-state index < -0.39 is 0 Å². The Morgan fingerprint density at radius 2 is 2.21 bits per heavy atom. The van der Waals surface area contributed by atoms with Crippen molar-refractivity contribution in [3.05, 3.63) is 29.8 Å². The van der Waals surface area contributed by atoms with Gasteiger partial charge in [0.25, 0.3) is 5.91 Å². The number of benzene rings is 1. The van der Waals surface area contributed by atoms with Gasteiger partial charge in [-0.05, 0) is 24.5 Å². The number of nitrogens with one attached hydrogen (secondary N) is 1. The van der Waals surface area contributed by atoms with Crippen LogP contribution in [-0.4, -0.2) is 38.3 Å². The minimum Gasteiger partial charge on any atom is -0.366 e. The van der Waals surface area contributed by atoms with Gasteiger partial charge in [-0.1, -0.05) is 18.2 Å². The van der Waals surface area contributed by atoms with Crippen LogP contribution in [0, 0.1) is 0 Å². The molecule has 1 atom stereocenters. The normalized spacial score (nSPS) is 27.4. The van der Waals surface area contributed by atoms with Crippen molar-refractivity contribution >= 4 is 11.6 Å². The molecule has 1 spiro atoms. The first kappa shape index (κ1) is 11.4. The molecule has 1 saturated heterocycles. The van der Waals surface area contributed by atoms with Gasteiger partial charge in [0.15, 0.2) is 0 Å². The van der Waals surface area contributed by atoms with Crippen LogP contribution in [0.15, 0.2) is 24.3 Å². The number of anilines is 1. The van der Waals surface area contributed by atoms with Crippen molar-refractivity contribution in [3.63, 3.8) is 0 Å². The Morgan fingerprint density at radius 1 is 1.37 bits per heavy atom. The summed E-state index contributed by atoms with van der Waals surface area (Å²) < 4.78 is 5.60. The molecule has 2 fully saturated rings. The van der Waals surface area contributed by atoms with Gasteiger partial charge in [-0.2, -0.15) is 0 Å². The molecule has 100 valence electrons. The van der Waals surface area contributed by atoms with Gasteiger partial charge >= 0.3 is 0 Å². The number of hydrogen-bond acceptors (Lipinski definition) is 3. The fourth-order valence-electron chi connectivity index (χ4n) is 3.30. The minimum absolute atomic E-state index is 0.114. The number of para-hydroxylation sites is 1. The van der Waals surface area contributed by atoms with Gasteiger partial charge < -0.3 is 15.0 Å². The number of carbonyl (C=O) groups is 1. The van der Waals surface area contributed by atoms with E-state index in [2.05, 4.69) is 23.5 Å². The van der Waals surface area contributed by atoms with E-state index in [0.29, 0.717) is 13.2 Å². The average Bonchev–Trinajstić information content (AvgIpc) is 3.18. The maximum absolute atomic E-state index is 12.6. The maximum Gasteiger partial charge on any atom is 0.257 e. The Kier molecular flexibility index (Phi) is 2.44. The molecule has 0 radical (unpaired) electrons. The number of amides is 1. The zero-order valence-electron chi connectivity index (χ0n) is 10.9. The lowest BCUT2D eigenvalue weighted by molar-refractivity contribution is -0.131. The zero-order valence-corrected chi connectivity index (χ0v) is 10.9. The third kappa shape index (κ3) is 1.70. The molecule has 1 aliphatic carbocycles. The molecule has 4 heteroatoms. The van der Waals surface area contributed by atoms with Crippen LogP contribution in [0.3, 0.4) is 0 Å². The molecule has 2 heterocycles. The summed E-state index contributed by atoms with van der Waals surface area (Å²) in [5.74, 6) is 0.114. The zero-order chi connectivity index (χ0) is 12.9. The standard InChI is InChI=1S/C15H18N2O2/c18-14(13-9-16-7-8-19-13)17-10-15(5-6-15)11-3-1-2-4-12(11)17/h1-4,13,16H,5-10H2. The summed E-state index contributed by atoms with van der Waals surface area (Å²) in [6.45, 7) is 2.93. The number of hydrogen-bond donors (Lipinski definition) is 1. The molecule has 19 heavy (non-hydrogen) atoms. The van der Waals surface area contributed by atoms with Gasteiger partial charge in [-0.15, -0.1) is 0 Å². The molecular formula is C15H18N2O2. The Bertz CT molecular complexity index is 519. The monoisotopic (exact) mass is 258 g/mol. The molecular weight excluding hydrogens is 240 g/mol. The van der Waals surface area contributed by atoms with Crippen LogP contribution in [-0.2, 0) is 14.9 Å². The maximum atomic E-state index is 12.6. The lowest BCUT2D eigenvalue weighted by atomic mass is 9.99. The summed E-state index contributed by atoms with van der Waals surface area (Å²) in [5, 5.41) is 3.23. The second kappa shape index (κ2) is 4.05. The molecule has 1 aromatic carbocycles. The van der Waals surface area contributed by atoms with Crippen LogP contribution < -0.4 is 10.2 Å². The van der Waals surface area contributed by atoms with Crippen LogP contribution >= 0.6 is 0 Å². The van der Waals surface area contributed by atoms with Gasteiger partial charge in [0.2, 0.25) is 0 Å². The first-order valence-corrected chi connectivity index (χ1v) is 7.03. The Balaban J connectivity index is 1.64. The molecule has 1 aromatic rings. The van der Waals surface area contributed by atoms with E-state index in [0.717, 1.165) is 18.8 Å². The van der Waals surface area contributed by atoms with Crippen LogP contribution in [0.1, 0.15) is 18.4 Å². The number of rotatable bonds is 1. The molecule has 1 saturated carbocycles. The summed E-state index contributed by atoms with van der Waals surface area (Å²) in [7, 11) is 0. The van der Waals surface area contributed by atoms with E-state index in [1.54, 1.807) is 0 Å². The van der Waals surface area contributed by atoms with Gasteiger partial charge in [0.1, 0.15) is 6.10 Å². The summed E-state index contributed by atoms with van der Waals surface area (Å²) in [6.07, 6.45) is 2.09. The van der Waals surface area contributed by atoms with Crippen molar-refractivity contribution in [1.29, 1.82) is 0 Å². The van der Waals surface area contributed by atoms with Gasteiger partial charge in [-0.25, -0.2) is 0 Å². The third-order valence-corrected chi connectivity index (χ3v) is 4.55. The first-order valence-electron chi connectivity index (χ1n) is 7.03. The highest BCUT2D eigenvalue weighted by Gasteiger charge is 2.53. The molecule has 4 rings (SSSR count). The number of fused-ring (bicyclic) bond motifs is 2. The summed E-state index contributed by atoms with van der Waals surface area (Å²) in [6, 6.07) is 8.33. The Labute approximate surface area is 112 Å². The third-order valence-electron chi connectivity index (χ3n) is 4.55. The molecule has 0 bridgehead atoms. The van der Waals surface area contributed by atoms with E-state index >= 15 is 0 Å². The molecule has 2 aliphatic heterocycles. The average molecular weight is 258 g/mol. The summed E-state index contributed by atoms with van der Waals surface area (Å²) in [5.41, 5.74) is 2.71. The Hall–Kier alpha value is -1.39. The van der Waals surface area contributed by atoms with Gasteiger partial charge in [0.05, 0.1) is 6.61 Å². The number of ether oxygens (including phenoxy) is 1. The lowest BCUT2D eigenvalue weighted by Gasteiger charge is -2.27. The Morgan fingerprint density at radius 3 is 2.95 bits per heavy atom. The summed E-state index contributed by atoms with van der Waals surface area (Å²) >= 11 is 0. The van der Waals surface area contributed by atoms with E-state index in [-0.39, 0.29) is 17.4 Å². The van der Waals surface area contributed by atoms with Crippen LogP contribution in [0.25, 0.3) is 0 Å². The molecule has 4 nitrogen and oxygen atoms in total. The molecule has 1 amide bonds. The van der Waals surface area contributed by atoms with Gasteiger partial charge in [-0.3, -0.25) is 4.79 Å². The highest BCUT2D eigenvalue weighted by Crippen LogP contribution is 2.56. The SMILES string of the molecule is O=C(C1CNCCO1)N1CC2(CC2)c2ccccc21. The number of morpholine rings is 1. The fourth-order valence-corrected chi connectivity index (χ4v) is 3.30. The molecule has 1 unspecified atom stereocenters. The first-order chi connectivity index (χ1) is 9.30. The number of nitrogens with zero attached hydrogens (tertiary/aromatic N) is 1. The van der Waals surface area contributed by atoms with E-state index in [9.17, 15) is 4.79 Å². The smallest absolute Gasteiger partial charge is 0.257 e. The molecule has 0 aromatic heterocycles. The van der Waals surface area contributed by atoms with Crippen molar-refractivity contribution in [2.75, 3.05) is 31.1 Å². The van der Waals surface area contributed by atoms with E-state index in [4.69, 9.17) is 4.74 Å². The van der Waals surface area contributed by atoms with E-state index in [1.807, 2.05) is 11.0 Å². The predicted octanol–water partition coefficient (Wildman–Crippen LogP) is 1.05. The summed E-state index contributed by atoms with van der Waals surface area (Å²) in [4.78, 5) is 14.6. The second-order valence-corrected chi connectivity index (χ2v) is 5.79. The van der Waals surface area contributed by atoms with Crippen molar-refractivity contribution in [1.82, 2.24) is 5.32 Å². The second-order valence-electron chi connectivity index (χ2n) is 5.79.